The summed E-state index contributed by atoms with van der Waals surface area (Å²) in [6.45, 7) is 2.53. The first-order chi connectivity index (χ1) is 12.2. The first-order valence-electron chi connectivity index (χ1n) is 8.87. The van der Waals surface area contributed by atoms with E-state index in [0.717, 1.165) is 29.5 Å². The van der Waals surface area contributed by atoms with Crippen LogP contribution < -0.4 is 5.32 Å². The molecule has 1 aliphatic carbocycles. The van der Waals surface area contributed by atoms with Crippen LogP contribution in [0.2, 0.25) is 0 Å². The van der Waals surface area contributed by atoms with Crippen molar-refractivity contribution in [1.29, 1.82) is 0 Å². The minimum atomic E-state index is -0.0745. The van der Waals surface area contributed by atoms with Crippen LogP contribution in [0.4, 0.5) is 0 Å². The lowest BCUT2D eigenvalue weighted by molar-refractivity contribution is 0.0952. The fraction of sp³-hybridized carbons (Fsp3) is 0.556. The number of aromatic nitrogens is 4. The van der Waals surface area contributed by atoms with Crippen LogP contribution in [0.1, 0.15) is 60.0 Å². The van der Waals surface area contributed by atoms with Crippen molar-refractivity contribution in [1.82, 2.24) is 25.1 Å². The fourth-order valence-corrected chi connectivity index (χ4v) is 3.87. The van der Waals surface area contributed by atoms with Gasteiger partial charge in [-0.05, 0) is 44.6 Å². The van der Waals surface area contributed by atoms with E-state index >= 15 is 0 Å². The lowest BCUT2D eigenvalue weighted by Gasteiger charge is -2.16. The van der Waals surface area contributed by atoms with E-state index in [2.05, 4.69) is 31.3 Å². The van der Waals surface area contributed by atoms with Gasteiger partial charge in [0.2, 0.25) is 0 Å². The van der Waals surface area contributed by atoms with Crippen LogP contribution in [-0.2, 0) is 6.42 Å². The molecule has 1 aliphatic rings. The number of carbonyl (C=O) groups excluding carboxylic acids is 1. The number of pyridine rings is 1. The van der Waals surface area contributed by atoms with Gasteiger partial charge in [0, 0.05) is 30.9 Å². The van der Waals surface area contributed by atoms with E-state index < -0.39 is 0 Å². The number of nitrogens with zero attached hydrogens (tertiary/aromatic N) is 4. The third-order valence-corrected chi connectivity index (χ3v) is 5.29. The molecule has 2 aromatic rings. The lowest BCUT2D eigenvalue weighted by atomic mass is 10.2. The van der Waals surface area contributed by atoms with Gasteiger partial charge in [-0.3, -0.25) is 9.78 Å². The van der Waals surface area contributed by atoms with Crippen molar-refractivity contribution < 1.29 is 4.79 Å². The standard InChI is InChI=1S/C18H25N5OS/c1-13-9-10-14(12-20-13)17(24)19-11-5-8-16-21-22-18(25-2)23(16)15-6-3-4-7-15/h9-10,12,15H,3-8,11H2,1-2H3,(H,19,24). The van der Waals surface area contributed by atoms with Gasteiger partial charge in [-0.25, -0.2) is 0 Å². The van der Waals surface area contributed by atoms with Gasteiger partial charge in [0.05, 0.1) is 5.56 Å². The molecule has 0 unspecified atom stereocenters. The zero-order valence-electron chi connectivity index (χ0n) is 14.9. The Kier molecular flexibility index (Phi) is 6.07. The average Bonchev–Trinajstić information content (AvgIpc) is 3.28. The number of aryl methyl sites for hydroxylation is 2. The number of hydrogen-bond donors (Lipinski definition) is 1. The zero-order chi connectivity index (χ0) is 17.6. The minimum absolute atomic E-state index is 0.0745. The highest BCUT2D eigenvalue weighted by Gasteiger charge is 2.23. The summed E-state index contributed by atoms with van der Waals surface area (Å²) in [5.41, 5.74) is 1.51. The van der Waals surface area contributed by atoms with Gasteiger partial charge >= 0.3 is 0 Å². The van der Waals surface area contributed by atoms with Crippen LogP contribution in [0.15, 0.2) is 23.5 Å². The molecule has 7 heteroatoms. The Hall–Kier alpha value is -1.89. The molecule has 25 heavy (non-hydrogen) atoms. The summed E-state index contributed by atoms with van der Waals surface area (Å²) in [6.07, 6.45) is 10.4. The normalized spacial score (nSPS) is 14.8. The molecule has 2 aromatic heterocycles. The van der Waals surface area contributed by atoms with Crippen molar-refractivity contribution in [2.24, 2.45) is 0 Å². The highest BCUT2D eigenvalue weighted by molar-refractivity contribution is 7.98. The topological polar surface area (TPSA) is 72.7 Å². The predicted molar refractivity (Wildman–Crippen MR) is 98.9 cm³/mol. The SMILES string of the molecule is CSc1nnc(CCCNC(=O)c2ccc(C)nc2)n1C1CCCC1. The van der Waals surface area contributed by atoms with E-state index in [1.165, 1.54) is 25.7 Å². The molecule has 1 amide bonds. The van der Waals surface area contributed by atoms with Crippen LogP contribution in [-0.4, -0.2) is 38.5 Å². The minimum Gasteiger partial charge on any atom is -0.352 e. The van der Waals surface area contributed by atoms with Crippen LogP contribution in [0.5, 0.6) is 0 Å². The van der Waals surface area contributed by atoms with Crippen molar-refractivity contribution in [2.45, 2.75) is 56.6 Å². The highest BCUT2D eigenvalue weighted by Crippen LogP contribution is 2.33. The lowest BCUT2D eigenvalue weighted by Crippen LogP contribution is -2.25. The first-order valence-corrected chi connectivity index (χ1v) is 10.1. The Morgan fingerprint density at radius 3 is 2.80 bits per heavy atom. The molecule has 0 atom stereocenters. The van der Waals surface area contributed by atoms with E-state index in [0.29, 0.717) is 18.2 Å². The van der Waals surface area contributed by atoms with Crippen LogP contribution in [0, 0.1) is 6.92 Å². The molecule has 6 nitrogen and oxygen atoms in total. The van der Waals surface area contributed by atoms with Crippen molar-refractivity contribution in [3.8, 4) is 0 Å². The van der Waals surface area contributed by atoms with E-state index in [4.69, 9.17) is 0 Å². The molecule has 0 radical (unpaired) electrons. The molecule has 0 spiro atoms. The zero-order valence-corrected chi connectivity index (χ0v) is 15.7. The van der Waals surface area contributed by atoms with Gasteiger partial charge in [0.25, 0.3) is 5.91 Å². The quantitative estimate of drug-likeness (QED) is 0.607. The summed E-state index contributed by atoms with van der Waals surface area (Å²) in [5.74, 6) is 0.970. The molecule has 2 heterocycles. The van der Waals surface area contributed by atoms with Gasteiger partial charge in [-0.1, -0.05) is 24.6 Å². The number of nitrogens with one attached hydrogen (secondary N) is 1. The summed E-state index contributed by atoms with van der Waals surface area (Å²) >= 11 is 1.66. The maximum Gasteiger partial charge on any atom is 0.252 e. The summed E-state index contributed by atoms with van der Waals surface area (Å²) in [6, 6.07) is 4.20. The predicted octanol–water partition coefficient (Wildman–Crippen LogP) is 3.18. The third kappa shape index (κ3) is 4.39. The van der Waals surface area contributed by atoms with Crippen molar-refractivity contribution in [3.05, 3.63) is 35.4 Å². The van der Waals surface area contributed by atoms with Gasteiger partial charge in [0.15, 0.2) is 5.16 Å². The molecule has 1 N–H and O–H groups in total. The second-order valence-corrected chi connectivity index (χ2v) is 7.23. The molecule has 0 bridgehead atoms. The summed E-state index contributed by atoms with van der Waals surface area (Å²) in [7, 11) is 0. The molecule has 0 aromatic carbocycles. The van der Waals surface area contributed by atoms with E-state index in [1.807, 2.05) is 13.0 Å². The number of rotatable bonds is 7. The average molecular weight is 359 g/mol. The van der Waals surface area contributed by atoms with E-state index in [1.54, 1.807) is 24.0 Å². The molecular formula is C18H25N5OS. The van der Waals surface area contributed by atoms with Crippen molar-refractivity contribution in [3.63, 3.8) is 0 Å². The second-order valence-electron chi connectivity index (χ2n) is 6.46. The van der Waals surface area contributed by atoms with Crippen molar-refractivity contribution >= 4 is 17.7 Å². The second kappa shape index (κ2) is 8.47. The van der Waals surface area contributed by atoms with Gasteiger partial charge in [-0.2, -0.15) is 0 Å². The van der Waals surface area contributed by atoms with Crippen LogP contribution in [0.3, 0.4) is 0 Å². The van der Waals surface area contributed by atoms with E-state index in [-0.39, 0.29) is 5.91 Å². The largest absolute Gasteiger partial charge is 0.352 e. The van der Waals surface area contributed by atoms with Crippen LogP contribution >= 0.6 is 11.8 Å². The van der Waals surface area contributed by atoms with E-state index in [9.17, 15) is 4.79 Å². The summed E-state index contributed by atoms with van der Waals surface area (Å²) in [4.78, 5) is 16.3. The Labute approximate surface area is 152 Å². The smallest absolute Gasteiger partial charge is 0.252 e. The Balaban J connectivity index is 1.53. The number of amides is 1. The first kappa shape index (κ1) is 17.9. The number of thioether (sulfide) groups is 1. The van der Waals surface area contributed by atoms with Crippen LogP contribution in [0.25, 0.3) is 0 Å². The summed E-state index contributed by atoms with van der Waals surface area (Å²) in [5, 5.41) is 12.7. The van der Waals surface area contributed by atoms with Gasteiger partial charge < -0.3 is 9.88 Å². The Morgan fingerprint density at radius 2 is 2.12 bits per heavy atom. The molecule has 1 saturated carbocycles. The number of carbonyl (C=O) groups is 1. The maximum atomic E-state index is 12.1. The molecule has 0 saturated heterocycles. The Morgan fingerprint density at radius 1 is 1.32 bits per heavy atom. The third-order valence-electron chi connectivity index (χ3n) is 4.64. The molecule has 1 fully saturated rings. The highest BCUT2D eigenvalue weighted by atomic mass is 32.2. The van der Waals surface area contributed by atoms with Crippen molar-refractivity contribution in [2.75, 3.05) is 12.8 Å². The summed E-state index contributed by atoms with van der Waals surface area (Å²) < 4.78 is 2.32. The Bertz CT molecular complexity index is 707. The van der Waals surface area contributed by atoms with Gasteiger partial charge in [-0.15, -0.1) is 10.2 Å². The molecule has 3 rings (SSSR count). The molecular weight excluding hydrogens is 334 g/mol. The molecule has 134 valence electrons. The van der Waals surface area contributed by atoms with Gasteiger partial charge in [0.1, 0.15) is 5.82 Å². The monoisotopic (exact) mass is 359 g/mol. The maximum absolute atomic E-state index is 12.1. The molecule has 0 aliphatic heterocycles. The number of hydrogen-bond acceptors (Lipinski definition) is 5. The fourth-order valence-electron chi connectivity index (χ4n) is 3.30.